The second-order valence-electron chi connectivity index (χ2n) is 6.06. The van der Waals surface area contributed by atoms with E-state index in [9.17, 15) is 14.7 Å². The van der Waals surface area contributed by atoms with Crippen LogP contribution in [-0.2, 0) is 28.5 Å². The monoisotopic (exact) mass is 318 g/mol. The maximum absolute atomic E-state index is 11.4. The first-order valence-electron chi connectivity index (χ1n) is 7.42. The van der Waals surface area contributed by atoms with Gasteiger partial charge in [-0.25, -0.2) is 0 Å². The Hall–Kier alpha value is -1.02. The topological polar surface area (TPSA) is 91.3 Å². The number of aliphatic hydroxyl groups is 1. The van der Waals surface area contributed by atoms with Gasteiger partial charge in [-0.3, -0.25) is 4.79 Å². The molecule has 0 unspecified atom stereocenters. The van der Waals surface area contributed by atoms with Crippen LogP contribution in [0.15, 0.2) is 0 Å². The third-order valence-corrected chi connectivity index (χ3v) is 3.17. The van der Waals surface area contributed by atoms with Crippen molar-refractivity contribution in [3.05, 3.63) is 0 Å². The fourth-order valence-corrected chi connectivity index (χ4v) is 2.36. The molecular formula is C15H26O7. The smallest absolute Gasteiger partial charge is 0.303 e. The van der Waals surface area contributed by atoms with E-state index in [4.69, 9.17) is 18.9 Å². The predicted molar refractivity (Wildman–Crippen MR) is 77.2 cm³/mol. The van der Waals surface area contributed by atoms with Crippen molar-refractivity contribution in [1.29, 1.82) is 0 Å². The van der Waals surface area contributed by atoms with Gasteiger partial charge in [-0.2, -0.15) is 0 Å². The molecule has 0 amide bonds. The van der Waals surface area contributed by atoms with E-state index in [1.807, 2.05) is 0 Å². The van der Waals surface area contributed by atoms with Crippen molar-refractivity contribution in [3.8, 4) is 0 Å². The molecule has 0 aromatic carbocycles. The second-order valence-corrected chi connectivity index (χ2v) is 6.06. The van der Waals surface area contributed by atoms with Gasteiger partial charge in [0.1, 0.15) is 18.5 Å². The highest BCUT2D eigenvalue weighted by molar-refractivity contribution is 5.66. The Morgan fingerprint density at radius 1 is 1.45 bits per heavy atom. The quantitative estimate of drug-likeness (QED) is 0.523. The first-order valence-corrected chi connectivity index (χ1v) is 7.42. The average Bonchev–Trinajstić information content (AvgIpc) is 2.73. The number of aliphatic hydroxyl groups excluding tert-OH is 1. The highest BCUT2D eigenvalue weighted by atomic mass is 16.8. The zero-order chi connectivity index (χ0) is 16.9. The van der Waals surface area contributed by atoms with Gasteiger partial charge in [0.25, 0.3) is 0 Å². The number of aldehydes is 1. The summed E-state index contributed by atoms with van der Waals surface area (Å²) < 4.78 is 22.2. The summed E-state index contributed by atoms with van der Waals surface area (Å²) >= 11 is 0. The minimum absolute atomic E-state index is 0.119. The van der Waals surface area contributed by atoms with Crippen LogP contribution in [0, 0.1) is 0 Å². The van der Waals surface area contributed by atoms with Crippen molar-refractivity contribution in [2.24, 2.45) is 0 Å². The lowest BCUT2D eigenvalue weighted by Crippen LogP contribution is -2.50. The molecule has 128 valence electrons. The Balaban J connectivity index is 2.97. The van der Waals surface area contributed by atoms with Gasteiger partial charge in [0.05, 0.1) is 18.8 Å². The lowest BCUT2D eigenvalue weighted by Gasteiger charge is -2.34. The van der Waals surface area contributed by atoms with Gasteiger partial charge in [0.2, 0.25) is 0 Å². The maximum atomic E-state index is 11.4. The predicted octanol–water partition coefficient (Wildman–Crippen LogP) is 0.813. The van der Waals surface area contributed by atoms with Crippen LogP contribution in [0.25, 0.3) is 0 Å². The van der Waals surface area contributed by atoms with Gasteiger partial charge in [-0.05, 0) is 27.7 Å². The van der Waals surface area contributed by atoms with E-state index in [0.29, 0.717) is 6.29 Å². The summed E-state index contributed by atoms with van der Waals surface area (Å²) in [4.78, 5) is 22.1. The van der Waals surface area contributed by atoms with Gasteiger partial charge in [-0.15, -0.1) is 0 Å². The van der Waals surface area contributed by atoms with Crippen LogP contribution in [0.1, 0.15) is 41.0 Å². The third kappa shape index (κ3) is 5.64. The fraction of sp³-hybridized carbons (Fsp3) is 0.867. The number of ether oxygens (including phenoxy) is 4. The molecule has 1 saturated heterocycles. The number of carbonyl (C=O) groups is 2. The summed E-state index contributed by atoms with van der Waals surface area (Å²) in [5.74, 6) is -1.32. The van der Waals surface area contributed by atoms with E-state index in [1.54, 1.807) is 27.7 Å². The maximum Gasteiger partial charge on any atom is 0.303 e. The first-order chi connectivity index (χ1) is 10.2. The highest BCUT2D eigenvalue weighted by Crippen LogP contribution is 2.29. The summed E-state index contributed by atoms with van der Waals surface area (Å²) in [6, 6.07) is 0. The van der Waals surface area contributed by atoms with Gasteiger partial charge >= 0.3 is 5.97 Å². The zero-order valence-corrected chi connectivity index (χ0v) is 13.8. The van der Waals surface area contributed by atoms with Crippen LogP contribution in [0.2, 0.25) is 0 Å². The molecule has 0 aromatic rings. The summed E-state index contributed by atoms with van der Waals surface area (Å²) in [5, 5.41) is 10.2. The molecule has 0 saturated carbocycles. The Labute approximate surface area is 130 Å². The molecule has 4 atom stereocenters. The highest BCUT2D eigenvalue weighted by Gasteiger charge is 2.45. The van der Waals surface area contributed by atoms with Crippen LogP contribution in [0.5, 0.6) is 0 Å². The number of hydrogen-bond acceptors (Lipinski definition) is 7. The first kappa shape index (κ1) is 19.0. The van der Waals surface area contributed by atoms with E-state index >= 15 is 0 Å². The molecular weight excluding hydrogens is 292 g/mol. The van der Waals surface area contributed by atoms with E-state index < -0.39 is 36.2 Å². The van der Waals surface area contributed by atoms with Gasteiger partial charge < -0.3 is 28.8 Å². The van der Waals surface area contributed by atoms with E-state index in [2.05, 4.69) is 0 Å². The summed E-state index contributed by atoms with van der Waals surface area (Å²) in [6.45, 7) is 8.56. The number of hydrogen-bond donors (Lipinski definition) is 1. The Morgan fingerprint density at radius 2 is 2.09 bits per heavy atom. The van der Waals surface area contributed by atoms with Crippen LogP contribution in [-0.4, -0.2) is 60.3 Å². The molecule has 0 radical (unpaired) electrons. The molecule has 0 bridgehead atoms. The van der Waals surface area contributed by atoms with Crippen molar-refractivity contribution >= 4 is 12.3 Å². The minimum Gasteiger partial charge on any atom is -0.457 e. The largest absolute Gasteiger partial charge is 0.457 e. The average molecular weight is 318 g/mol. The molecule has 1 rings (SSSR count). The number of rotatable bonds is 8. The van der Waals surface area contributed by atoms with Crippen LogP contribution in [0.3, 0.4) is 0 Å². The molecule has 0 aromatic heterocycles. The molecule has 0 spiro atoms. The van der Waals surface area contributed by atoms with Crippen molar-refractivity contribution in [2.45, 2.75) is 77.3 Å². The van der Waals surface area contributed by atoms with Gasteiger partial charge in [0, 0.05) is 13.3 Å². The Bertz CT molecular complexity index is 380. The minimum atomic E-state index is -1.10. The van der Waals surface area contributed by atoms with Gasteiger partial charge in [0.15, 0.2) is 11.9 Å². The van der Waals surface area contributed by atoms with E-state index in [1.165, 1.54) is 6.92 Å². The van der Waals surface area contributed by atoms with Crippen LogP contribution >= 0.6 is 0 Å². The molecule has 22 heavy (non-hydrogen) atoms. The van der Waals surface area contributed by atoms with E-state index in [-0.39, 0.29) is 19.1 Å². The summed E-state index contributed by atoms with van der Waals surface area (Å²) in [6.07, 6.45) is -3.16. The van der Waals surface area contributed by atoms with E-state index in [0.717, 1.165) is 0 Å². The second kappa shape index (κ2) is 8.01. The third-order valence-electron chi connectivity index (χ3n) is 3.17. The van der Waals surface area contributed by atoms with Crippen molar-refractivity contribution < 1.29 is 33.6 Å². The Morgan fingerprint density at radius 3 is 2.50 bits per heavy atom. The SMILES string of the molecule is CC(=O)O[C@@H]([C@@H](OC(C)C)[C@H](O)CC=O)[C@H]1COC(C)(C)O1. The number of esters is 1. The summed E-state index contributed by atoms with van der Waals surface area (Å²) in [5.41, 5.74) is 0. The zero-order valence-electron chi connectivity index (χ0n) is 13.8. The molecule has 7 heteroatoms. The molecule has 1 fully saturated rings. The lowest BCUT2D eigenvalue weighted by atomic mass is 10.0. The molecule has 1 aliphatic rings. The molecule has 1 N–H and O–H groups in total. The summed E-state index contributed by atoms with van der Waals surface area (Å²) in [7, 11) is 0. The Kier molecular flexibility index (Phi) is 6.93. The van der Waals surface area contributed by atoms with Crippen molar-refractivity contribution in [3.63, 3.8) is 0 Å². The van der Waals surface area contributed by atoms with Crippen molar-refractivity contribution in [1.82, 2.24) is 0 Å². The van der Waals surface area contributed by atoms with Gasteiger partial charge in [-0.1, -0.05) is 0 Å². The standard InChI is InChI=1S/C15H26O7/c1-9(2)20-13(11(18)6-7-16)14(21-10(3)17)12-8-19-15(4,5)22-12/h7,9,11-14,18H,6,8H2,1-5H3/t11-,12-,13+,14-/m1/s1. The van der Waals surface area contributed by atoms with Crippen LogP contribution < -0.4 is 0 Å². The fourth-order valence-electron chi connectivity index (χ4n) is 2.36. The normalized spacial score (nSPS) is 24.8. The molecule has 1 heterocycles. The lowest BCUT2D eigenvalue weighted by molar-refractivity contribution is -0.200. The molecule has 0 aliphatic carbocycles. The molecule has 7 nitrogen and oxygen atoms in total. The van der Waals surface area contributed by atoms with Crippen molar-refractivity contribution in [2.75, 3.05) is 6.61 Å². The number of carbonyl (C=O) groups excluding carboxylic acids is 2. The van der Waals surface area contributed by atoms with Crippen LogP contribution in [0.4, 0.5) is 0 Å². The molecule has 1 aliphatic heterocycles.